The molecule has 0 spiro atoms. The van der Waals surface area contributed by atoms with Crippen LogP contribution in [0.5, 0.6) is 5.75 Å². The topological polar surface area (TPSA) is 77.2 Å². The normalized spacial score (nSPS) is 9.95. The monoisotopic (exact) mass is 301 g/mol. The molecule has 2 aromatic rings. The number of ether oxygens (including phenoxy) is 1. The van der Waals surface area contributed by atoms with E-state index in [0.29, 0.717) is 17.0 Å². The van der Waals surface area contributed by atoms with Crippen molar-refractivity contribution in [3.05, 3.63) is 53.9 Å². The molecule has 1 heterocycles. The van der Waals surface area contributed by atoms with Crippen molar-refractivity contribution in [2.75, 3.05) is 11.9 Å². The van der Waals surface area contributed by atoms with E-state index >= 15 is 0 Å². The number of thiocarbonyl (C=S) groups is 1. The number of aryl methyl sites for hydroxylation is 1. The number of rotatable bonds is 5. The third-order valence-electron chi connectivity index (χ3n) is 2.81. The number of hydrogen-bond donors (Lipinski definition) is 2. The van der Waals surface area contributed by atoms with Crippen LogP contribution in [0.1, 0.15) is 11.1 Å². The van der Waals surface area contributed by atoms with Crippen LogP contribution in [-0.4, -0.2) is 22.5 Å². The first-order valence-corrected chi connectivity index (χ1v) is 6.71. The first-order valence-electron chi connectivity index (χ1n) is 6.30. The number of hydrogen-bond acceptors (Lipinski definition) is 4. The molecule has 1 aromatic heterocycles. The molecule has 0 saturated carbocycles. The predicted molar refractivity (Wildman–Crippen MR) is 85.4 cm³/mol. The van der Waals surface area contributed by atoms with E-state index in [1.54, 1.807) is 36.7 Å². The van der Waals surface area contributed by atoms with Gasteiger partial charge in [-0.1, -0.05) is 24.4 Å². The molecule has 1 amide bonds. The van der Waals surface area contributed by atoms with Gasteiger partial charge in [0, 0.05) is 18.1 Å². The summed E-state index contributed by atoms with van der Waals surface area (Å²) >= 11 is 4.94. The van der Waals surface area contributed by atoms with Gasteiger partial charge in [-0.25, -0.2) is 0 Å². The number of aromatic nitrogens is 1. The molecule has 21 heavy (non-hydrogen) atoms. The Morgan fingerprint density at radius 2 is 2.14 bits per heavy atom. The summed E-state index contributed by atoms with van der Waals surface area (Å²) in [5.74, 6) is 0.230. The Kier molecular flexibility index (Phi) is 4.84. The molecule has 5 nitrogen and oxygen atoms in total. The lowest BCUT2D eigenvalue weighted by Crippen LogP contribution is -2.22. The van der Waals surface area contributed by atoms with Crippen LogP contribution in [0, 0.1) is 6.92 Å². The van der Waals surface area contributed by atoms with E-state index in [0.717, 1.165) is 5.56 Å². The molecule has 0 fully saturated rings. The first-order chi connectivity index (χ1) is 10.1. The number of para-hydroxylation sites is 1. The van der Waals surface area contributed by atoms with Crippen molar-refractivity contribution in [1.82, 2.24) is 4.98 Å². The van der Waals surface area contributed by atoms with Gasteiger partial charge in [-0.05, 0) is 30.7 Å². The maximum Gasteiger partial charge on any atom is 0.262 e. The summed E-state index contributed by atoms with van der Waals surface area (Å²) in [6, 6.07) is 8.81. The van der Waals surface area contributed by atoms with Gasteiger partial charge in [0.15, 0.2) is 6.61 Å². The van der Waals surface area contributed by atoms with Crippen LogP contribution in [0.3, 0.4) is 0 Å². The number of nitrogens with two attached hydrogens (primary N) is 1. The van der Waals surface area contributed by atoms with Gasteiger partial charge in [-0.2, -0.15) is 0 Å². The maximum atomic E-state index is 11.9. The molecule has 3 N–H and O–H groups in total. The Hall–Kier alpha value is -2.47. The molecule has 6 heteroatoms. The lowest BCUT2D eigenvalue weighted by Gasteiger charge is -2.11. The standard InChI is InChI=1S/C15H15N3O2S/c1-10-8-17-7-6-12(10)18-14(19)9-20-13-5-3-2-4-11(13)15(16)21/h2-8H,9H2,1H3,(H2,16,21)(H,17,18,19). The zero-order chi connectivity index (χ0) is 15.2. The third-order valence-corrected chi connectivity index (χ3v) is 3.03. The zero-order valence-corrected chi connectivity index (χ0v) is 12.3. The van der Waals surface area contributed by atoms with Crippen LogP contribution in [0.15, 0.2) is 42.7 Å². The highest BCUT2D eigenvalue weighted by molar-refractivity contribution is 7.80. The SMILES string of the molecule is Cc1cnccc1NC(=O)COc1ccccc1C(N)=S. The second-order valence-electron chi connectivity index (χ2n) is 4.39. The summed E-state index contributed by atoms with van der Waals surface area (Å²) in [5, 5.41) is 2.76. The molecular weight excluding hydrogens is 286 g/mol. The lowest BCUT2D eigenvalue weighted by molar-refractivity contribution is -0.118. The number of nitrogens with one attached hydrogen (secondary N) is 1. The summed E-state index contributed by atoms with van der Waals surface area (Å²) in [6.45, 7) is 1.74. The number of benzene rings is 1. The van der Waals surface area contributed by atoms with Crippen LogP contribution < -0.4 is 15.8 Å². The van der Waals surface area contributed by atoms with Gasteiger partial charge in [-0.15, -0.1) is 0 Å². The molecular formula is C15H15N3O2S. The lowest BCUT2D eigenvalue weighted by atomic mass is 10.2. The molecule has 0 bridgehead atoms. The largest absolute Gasteiger partial charge is 0.483 e. The quantitative estimate of drug-likeness (QED) is 0.826. The summed E-state index contributed by atoms with van der Waals surface area (Å²) in [5.41, 5.74) is 7.81. The van der Waals surface area contributed by atoms with Crippen LogP contribution in [0.2, 0.25) is 0 Å². The summed E-state index contributed by atoms with van der Waals surface area (Å²) in [7, 11) is 0. The number of nitrogens with zero attached hydrogens (tertiary/aromatic N) is 1. The van der Waals surface area contributed by atoms with Crippen LogP contribution in [-0.2, 0) is 4.79 Å². The Labute approximate surface area is 128 Å². The van der Waals surface area contributed by atoms with E-state index in [-0.39, 0.29) is 17.5 Å². The number of pyridine rings is 1. The molecule has 0 saturated heterocycles. The summed E-state index contributed by atoms with van der Waals surface area (Å²) < 4.78 is 5.48. The maximum absolute atomic E-state index is 11.9. The van der Waals surface area contributed by atoms with Gasteiger partial charge in [0.05, 0.1) is 5.56 Å². The van der Waals surface area contributed by atoms with Crippen molar-refractivity contribution in [2.45, 2.75) is 6.92 Å². The fraction of sp³-hybridized carbons (Fsp3) is 0.133. The van der Waals surface area contributed by atoms with Gasteiger partial charge >= 0.3 is 0 Å². The van der Waals surface area contributed by atoms with Gasteiger partial charge in [0.25, 0.3) is 5.91 Å². The number of carbonyl (C=O) groups excluding carboxylic acids is 1. The summed E-state index contributed by atoms with van der Waals surface area (Å²) in [4.78, 5) is 16.1. The number of amides is 1. The minimum Gasteiger partial charge on any atom is -0.483 e. The second-order valence-corrected chi connectivity index (χ2v) is 4.83. The molecule has 1 aromatic carbocycles. The van der Waals surface area contributed by atoms with Gasteiger partial charge < -0.3 is 15.8 Å². The van der Waals surface area contributed by atoms with E-state index in [2.05, 4.69) is 10.3 Å². The number of carbonyl (C=O) groups is 1. The van der Waals surface area contributed by atoms with Gasteiger partial charge in [0.1, 0.15) is 10.7 Å². The molecule has 0 atom stereocenters. The Balaban J connectivity index is 1.99. The smallest absolute Gasteiger partial charge is 0.262 e. The van der Waals surface area contributed by atoms with Crippen molar-refractivity contribution >= 4 is 28.8 Å². The minimum atomic E-state index is -0.262. The van der Waals surface area contributed by atoms with Crippen LogP contribution in [0.4, 0.5) is 5.69 Å². The Bertz CT molecular complexity index is 673. The molecule has 0 aliphatic rings. The third kappa shape index (κ3) is 4.00. The van der Waals surface area contributed by atoms with E-state index < -0.39 is 0 Å². The molecule has 2 rings (SSSR count). The van der Waals surface area contributed by atoms with Crippen molar-refractivity contribution in [1.29, 1.82) is 0 Å². The van der Waals surface area contributed by atoms with Crippen molar-refractivity contribution < 1.29 is 9.53 Å². The predicted octanol–water partition coefficient (Wildman–Crippen LogP) is 2.04. The van der Waals surface area contributed by atoms with Gasteiger partial charge in [0.2, 0.25) is 0 Å². The fourth-order valence-electron chi connectivity index (χ4n) is 1.74. The first kappa shape index (κ1) is 14.9. The molecule has 0 radical (unpaired) electrons. The van der Waals surface area contributed by atoms with Gasteiger partial charge in [-0.3, -0.25) is 9.78 Å². The minimum absolute atomic E-state index is 0.124. The van der Waals surface area contributed by atoms with Crippen LogP contribution in [0.25, 0.3) is 0 Å². The van der Waals surface area contributed by atoms with Crippen molar-refractivity contribution in [3.63, 3.8) is 0 Å². The van der Waals surface area contributed by atoms with Crippen LogP contribution >= 0.6 is 12.2 Å². The zero-order valence-electron chi connectivity index (χ0n) is 11.5. The van der Waals surface area contributed by atoms with E-state index in [1.165, 1.54) is 0 Å². The summed E-state index contributed by atoms with van der Waals surface area (Å²) in [6.07, 6.45) is 3.30. The highest BCUT2D eigenvalue weighted by atomic mass is 32.1. The molecule has 0 unspecified atom stereocenters. The Morgan fingerprint density at radius 3 is 2.86 bits per heavy atom. The fourth-order valence-corrected chi connectivity index (χ4v) is 1.91. The molecule has 108 valence electrons. The molecule has 0 aliphatic heterocycles. The Morgan fingerprint density at radius 1 is 1.38 bits per heavy atom. The van der Waals surface area contributed by atoms with Crippen molar-refractivity contribution in [2.24, 2.45) is 5.73 Å². The van der Waals surface area contributed by atoms with Crippen molar-refractivity contribution in [3.8, 4) is 5.75 Å². The van der Waals surface area contributed by atoms with E-state index in [9.17, 15) is 4.79 Å². The van der Waals surface area contributed by atoms with E-state index in [4.69, 9.17) is 22.7 Å². The average Bonchev–Trinajstić information content (AvgIpc) is 2.48. The highest BCUT2D eigenvalue weighted by Gasteiger charge is 2.09. The second kappa shape index (κ2) is 6.81. The average molecular weight is 301 g/mol. The number of anilines is 1. The highest BCUT2D eigenvalue weighted by Crippen LogP contribution is 2.18. The van der Waals surface area contributed by atoms with E-state index in [1.807, 2.05) is 13.0 Å². The molecule has 0 aliphatic carbocycles.